The lowest BCUT2D eigenvalue weighted by Crippen LogP contribution is -2.56. The number of fused-ring (bicyclic) bond motifs is 5. The van der Waals surface area contributed by atoms with Crippen LogP contribution in [0.25, 0.3) is 0 Å². The number of aliphatic hydroxyl groups excluding tert-OH is 1. The highest BCUT2D eigenvalue weighted by molar-refractivity contribution is 5.79. The van der Waals surface area contributed by atoms with E-state index in [1.165, 1.54) is 32.1 Å². The van der Waals surface area contributed by atoms with Crippen molar-refractivity contribution in [2.45, 2.75) is 84.2 Å². The van der Waals surface area contributed by atoms with Gasteiger partial charge in [-0.05, 0) is 99.2 Å². The molecular weight excluding hydrogens is 336 g/mol. The maximum Gasteiger partial charge on any atom is 0.133 e. The molecule has 0 spiro atoms. The molecule has 0 aromatic carbocycles. The van der Waals surface area contributed by atoms with Gasteiger partial charge in [0.15, 0.2) is 0 Å². The quantitative estimate of drug-likeness (QED) is 0.685. The molecule has 3 heteroatoms. The highest BCUT2D eigenvalue weighted by Gasteiger charge is 2.61. The first-order valence-corrected chi connectivity index (χ1v) is 11.1. The maximum atomic E-state index is 12.3. The number of hydrogen-bond donors (Lipinski definition) is 2. The third kappa shape index (κ3) is 2.90. The second-order valence-corrected chi connectivity index (χ2v) is 10.6. The Morgan fingerprint density at radius 3 is 2.44 bits per heavy atom. The van der Waals surface area contributed by atoms with Gasteiger partial charge in [0, 0.05) is 5.92 Å². The Bertz CT molecular complexity index is 675. The zero-order valence-electron chi connectivity index (χ0n) is 17.3. The van der Waals surface area contributed by atoms with Gasteiger partial charge in [-0.1, -0.05) is 25.7 Å². The minimum atomic E-state index is -0.907. The molecule has 4 rings (SSSR count). The van der Waals surface area contributed by atoms with Gasteiger partial charge in [0.05, 0.1) is 0 Å². The summed E-state index contributed by atoms with van der Waals surface area (Å²) in [5, 5.41) is 19.9. The van der Waals surface area contributed by atoms with Gasteiger partial charge in [-0.25, -0.2) is 0 Å². The predicted molar refractivity (Wildman–Crippen MR) is 106 cm³/mol. The molecule has 0 aromatic heterocycles. The molecule has 4 saturated carbocycles. The molecule has 4 aliphatic rings. The molecule has 0 radical (unpaired) electrons. The average Bonchev–Trinajstić information content (AvgIpc) is 2.98. The van der Waals surface area contributed by atoms with Crippen LogP contribution in [-0.2, 0) is 4.79 Å². The zero-order valence-corrected chi connectivity index (χ0v) is 17.3. The minimum Gasteiger partial charge on any atom is -0.384 e. The van der Waals surface area contributed by atoms with Crippen molar-refractivity contribution < 1.29 is 15.0 Å². The van der Waals surface area contributed by atoms with Crippen LogP contribution in [-0.4, -0.2) is 28.2 Å². The summed E-state index contributed by atoms with van der Waals surface area (Å²) < 4.78 is 0. The van der Waals surface area contributed by atoms with E-state index in [1.807, 2.05) is 0 Å². The first kappa shape index (κ1) is 19.5. The van der Waals surface area contributed by atoms with E-state index in [2.05, 4.69) is 25.7 Å². The van der Waals surface area contributed by atoms with Crippen LogP contribution >= 0.6 is 0 Å². The Kier molecular flexibility index (Phi) is 4.76. The van der Waals surface area contributed by atoms with Gasteiger partial charge in [0.25, 0.3) is 0 Å². The van der Waals surface area contributed by atoms with Crippen LogP contribution in [0.15, 0.2) is 0 Å². The molecule has 4 fully saturated rings. The SMILES string of the molecule is CC(=O)[C@H]1CC[C@H]2[C@@H]3CCC4CC(O)(C#CCO)CC[C@]4(C)[C@H]3CC[C@]12C. The van der Waals surface area contributed by atoms with Gasteiger partial charge in [0.1, 0.15) is 18.0 Å². The fourth-order valence-corrected chi connectivity index (χ4v) is 8.23. The first-order valence-electron chi connectivity index (χ1n) is 11.1. The number of aliphatic hydroxyl groups is 2. The van der Waals surface area contributed by atoms with Gasteiger partial charge in [-0.15, -0.1) is 0 Å². The Morgan fingerprint density at radius 1 is 1.00 bits per heavy atom. The lowest BCUT2D eigenvalue weighted by Gasteiger charge is -2.61. The molecule has 2 unspecified atom stereocenters. The van der Waals surface area contributed by atoms with E-state index in [0.717, 1.165) is 37.5 Å². The summed E-state index contributed by atoms with van der Waals surface area (Å²) in [5.74, 6) is 9.05. The van der Waals surface area contributed by atoms with Crippen LogP contribution < -0.4 is 0 Å². The molecule has 3 nitrogen and oxygen atoms in total. The Hall–Kier alpha value is -0.850. The van der Waals surface area contributed by atoms with E-state index in [4.69, 9.17) is 5.11 Å². The van der Waals surface area contributed by atoms with E-state index < -0.39 is 5.60 Å². The fourth-order valence-electron chi connectivity index (χ4n) is 8.23. The van der Waals surface area contributed by atoms with Crippen molar-refractivity contribution in [2.24, 2.45) is 40.4 Å². The summed E-state index contributed by atoms with van der Waals surface area (Å²) in [6.07, 6.45) is 9.72. The van der Waals surface area contributed by atoms with Gasteiger partial charge >= 0.3 is 0 Å². The Morgan fingerprint density at radius 2 is 1.74 bits per heavy atom. The maximum absolute atomic E-state index is 12.3. The second-order valence-electron chi connectivity index (χ2n) is 10.6. The second kappa shape index (κ2) is 6.60. The summed E-state index contributed by atoms with van der Waals surface area (Å²) in [6, 6.07) is 0. The lowest BCUT2D eigenvalue weighted by molar-refractivity contribution is -0.144. The number of carbonyl (C=O) groups excluding carboxylic acids is 1. The molecule has 150 valence electrons. The highest BCUT2D eigenvalue weighted by Crippen LogP contribution is 2.68. The fraction of sp³-hybridized carbons (Fsp3) is 0.875. The molecule has 0 aliphatic heterocycles. The average molecular weight is 373 g/mol. The molecule has 2 N–H and O–H groups in total. The molecule has 27 heavy (non-hydrogen) atoms. The normalized spacial score (nSPS) is 51.4. The summed E-state index contributed by atoms with van der Waals surface area (Å²) >= 11 is 0. The molecule has 4 aliphatic carbocycles. The molecule has 0 saturated heterocycles. The number of carbonyl (C=O) groups is 1. The first-order chi connectivity index (χ1) is 12.7. The van der Waals surface area contributed by atoms with Crippen LogP contribution in [0.5, 0.6) is 0 Å². The number of Topliss-reactive ketones (excluding diaryl/α,β-unsaturated/α-hetero) is 1. The number of rotatable bonds is 1. The van der Waals surface area contributed by atoms with Gasteiger partial charge in [-0.2, -0.15) is 0 Å². The summed E-state index contributed by atoms with van der Waals surface area (Å²) in [6.45, 7) is 6.52. The van der Waals surface area contributed by atoms with Gasteiger partial charge in [-0.3, -0.25) is 4.79 Å². The van der Waals surface area contributed by atoms with Crippen molar-refractivity contribution in [1.82, 2.24) is 0 Å². The minimum absolute atomic E-state index is 0.174. The van der Waals surface area contributed by atoms with Crippen molar-refractivity contribution in [3.63, 3.8) is 0 Å². The zero-order chi connectivity index (χ0) is 19.4. The summed E-state index contributed by atoms with van der Waals surface area (Å²) in [4.78, 5) is 12.3. The topological polar surface area (TPSA) is 57.5 Å². The smallest absolute Gasteiger partial charge is 0.133 e. The monoisotopic (exact) mass is 372 g/mol. The number of hydrogen-bond acceptors (Lipinski definition) is 3. The van der Waals surface area contributed by atoms with Gasteiger partial charge < -0.3 is 10.2 Å². The van der Waals surface area contributed by atoms with E-state index in [0.29, 0.717) is 23.0 Å². The summed E-state index contributed by atoms with van der Waals surface area (Å²) in [5.41, 5.74) is -0.389. The third-order valence-corrected chi connectivity index (χ3v) is 9.62. The van der Waals surface area contributed by atoms with Crippen LogP contribution in [0.2, 0.25) is 0 Å². The Labute approximate surface area is 164 Å². The lowest BCUT2D eigenvalue weighted by atomic mass is 9.44. The van der Waals surface area contributed by atoms with E-state index in [1.54, 1.807) is 6.92 Å². The standard InChI is InChI=1S/C24H36O3/c1-16(26)19-7-8-20-18-6-5-17-15-24(27,10-4-14-25)13-12-22(17,2)21(18)9-11-23(19,20)3/h17-21,25,27H,5-9,11-15H2,1-3H3/t17?,18-,19+,20-,21-,22-,23+,24?/m0/s1. The van der Waals surface area contributed by atoms with E-state index >= 15 is 0 Å². The van der Waals surface area contributed by atoms with Crippen LogP contribution in [0.4, 0.5) is 0 Å². The molecular formula is C24H36O3. The molecule has 0 amide bonds. The summed E-state index contributed by atoms with van der Waals surface area (Å²) in [7, 11) is 0. The van der Waals surface area contributed by atoms with E-state index in [-0.39, 0.29) is 17.9 Å². The molecule has 8 atom stereocenters. The third-order valence-electron chi connectivity index (χ3n) is 9.62. The van der Waals surface area contributed by atoms with Crippen LogP contribution in [0, 0.1) is 52.3 Å². The van der Waals surface area contributed by atoms with Crippen molar-refractivity contribution in [3.05, 3.63) is 0 Å². The molecule has 0 aromatic rings. The van der Waals surface area contributed by atoms with Crippen LogP contribution in [0.3, 0.4) is 0 Å². The largest absolute Gasteiger partial charge is 0.384 e. The van der Waals surface area contributed by atoms with Crippen molar-refractivity contribution in [2.75, 3.05) is 6.61 Å². The number of ketones is 1. The van der Waals surface area contributed by atoms with Crippen molar-refractivity contribution in [1.29, 1.82) is 0 Å². The predicted octanol–water partition coefficient (Wildman–Crippen LogP) is 3.96. The van der Waals surface area contributed by atoms with E-state index in [9.17, 15) is 9.90 Å². The van der Waals surface area contributed by atoms with Crippen molar-refractivity contribution in [3.8, 4) is 11.8 Å². The Balaban J connectivity index is 1.57. The highest BCUT2D eigenvalue weighted by atomic mass is 16.3. The molecule has 0 heterocycles. The van der Waals surface area contributed by atoms with Gasteiger partial charge in [0.2, 0.25) is 0 Å². The van der Waals surface area contributed by atoms with Crippen molar-refractivity contribution >= 4 is 5.78 Å². The van der Waals surface area contributed by atoms with Crippen LogP contribution in [0.1, 0.15) is 78.6 Å². The molecule has 0 bridgehead atoms.